The van der Waals surface area contributed by atoms with E-state index in [2.05, 4.69) is 15.5 Å². The van der Waals surface area contributed by atoms with Gasteiger partial charge < -0.3 is 15.0 Å². The molecule has 148 valence electrons. The lowest BCUT2D eigenvalue weighted by Crippen LogP contribution is -2.46. The lowest BCUT2D eigenvalue weighted by molar-refractivity contribution is -0.132. The van der Waals surface area contributed by atoms with E-state index in [0.717, 1.165) is 5.75 Å². The van der Waals surface area contributed by atoms with Crippen LogP contribution in [-0.2, 0) is 4.79 Å². The number of rotatable bonds is 7. The zero-order valence-corrected chi connectivity index (χ0v) is 15.6. The van der Waals surface area contributed by atoms with Crippen molar-refractivity contribution in [3.63, 3.8) is 0 Å². The minimum Gasteiger partial charge on any atom is -0.494 e. The Morgan fingerprint density at radius 3 is 2.57 bits per heavy atom. The highest BCUT2D eigenvalue weighted by atomic mass is 16.5. The second-order valence-corrected chi connectivity index (χ2v) is 6.70. The van der Waals surface area contributed by atoms with Crippen molar-refractivity contribution in [1.82, 2.24) is 20.4 Å². The third-order valence-corrected chi connectivity index (χ3v) is 4.64. The highest BCUT2D eigenvalue weighted by Gasteiger charge is 2.24. The summed E-state index contributed by atoms with van der Waals surface area (Å²) in [5.41, 5.74) is -0.172. The van der Waals surface area contributed by atoms with Crippen LogP contribution in [0.2, 0.25) is 0 Å². The Bertz CT molecular complexity index is 824. The summed E-state index contributed by atoms with van der Waals surface area (Å²) in [6.07, 6.45) is 2.51. The maximum atomic E-state index is 12.3. The van der Waals surface area contributed by atoms with Crippen LogP contribution in [0.3, 0.4) is 0 Å². The van der Waals surface area contributed by atoms with Gasteiger partial charge in [-0.15, -0.1) is 0 Å². The fourth-order valence-corrected chi connectivity index (χ4v) is 3.09. The molecule has 0 saturated carbocycles. The van der Waals surface area contributed by atoms with E-state index < -0.39 is 0 Å². The average molecular weight is 384 g/mol. The molecule has 8 heteroatoms. The van der Waals surface area contributed by atoms with Gasteiger partial charge in [0.05, 0.1) is 6.61 Å². The highest BCUT2D eigenvalue weighted by Crippen LogP contribution is 2.13. The van der Waals surface area contributed by atoms with Crippen LogP contribution in [0.25, 0.3) is 0 Å². The lowest BCUT2D eigenvalue weighted by atomic mass is 10.0. The lowest BCUT2D eigenvalue weighted by Gasteiger charge is -2.32. The number of nitrogens with zero attached hydrogens (tertiary/aromatic N) is 2. The zero-order chi connectivity index (χ0) is 19.8. The molecule has 0 unspecified atom stereocenters. The van der Waals surface area contributed by atoms with Crippen molar-refractivity contribution >= 4 is 11.8 Å². The Balaban J connectivity index is 1.35. The van der Waals surface area contributed by atoms with Crippen molar-refractivity contribution in [3.8, 4) is 5.75 Å². The minimum absolute atomic E-state index is 0.00769. The number of hydrogen-bond donors (Lipinski definition) is 2. The summed E-state index contributed by atoms with van der Waals surface area (Å²) >= 11 is 0. The van der Waals surface area contributed by atoms with E-state index in [1.807, 2.05) is 35.2 Å². The van der Waals surface area contributed by atoms with Gasteiger partial charge in [-0.25, -0.2) is 5.10 Å². The molecule has 0 atom stereocenters. The van der Waals surface area contributed by atoms with Gasteiger partial charge in [0.25, 0.3) is 11.5 Å². The minimum atomic E-state index is -0.350. The Morgan fingerprint density at radius 2 is 1.89 bits per heavy atom. The number of hydrogen-bond acceptors (Lipinski definition) is 5. The van der Waals surface area contributed by atoms with Gasteiger partial charge >= 0.3 is 0 Å². The topological polar surface area (TPSA) is 104 Å². The van der Waals surface area contributed by atoms with E-state index in [9.17, 15) is 14.4 Å². The van der Waals surface area contributed by atoms with E-state index in [1.54, 1.807) is 0 Å². The van der Waals surface area contributed by atoms with Gasteiger partial charge in [-0.05, 0) is 37.5 Å². The number of nitrogens with one attached hydrogen (secondary N) is 2. The van der Waals surface area contributed by atoms with Gasteiger partial charge in [0.2, 0.25) is 5.91 Å². The SMILES string of the molecule is O=C(NC1CCN(C(=O)CCCOc2ccccc2)CC1)c1ccc(=O)[nH]n1. The maximum Gasteiger partial charge on any atom is 0.271 e. The maximum absolute atomic E-state index is 12.3. The van der Waals surface area contributed by atoms with Crippen LogP contribution in [0.5, 0.6) is 5.75 Å². The van der Waals surface area contributed by atoms with Gasteiger partial charge in [-0.1, -0.05) is 18.2 Å². The highest BCUT2D eigenvalue weighted by molar-refractivity contribution is 5.92. The molecule has 2 heterocycles. The second kappa shape index (κ2) is 9.68. The molecule has 8 nitrogen and oxygen atoms in total. The van der Waals surface area contributed by atoms with Crippen LogP contribution in [-0.4, -0.2) is 52.6 Å². The third kappa shape index (κ3) is 5.67. The van der Waals surface area contributed by atoms with Crippen molar-refractivity contribution in [3.05, 3.63) is 58.5 Å². The van der Waals surface area contributed by atoms with Crippen LogP contribution in [0.4, 0.5) is 0 Å². The predicted octanol–water partition coefficient (Wildman–Crippen LogP) is 1.35. The fourth-order valence-electron chi connectivity index (χ4n) is 3.09. The molecule has 1 aliphatic rings. The number of piperidine rings is 1. The number of amides is 2. The monoisotopic (exact) mass is 384 g/mol. The summed E-state index contributed by atoms with van der Waals surface area (Å²) < 4.78 is 5.61. The van der Waals surface area contributed by atoms with Gasteiger partial charge in [-0.2, -0.15) is 5.10 Å². The summed E-state index contributed by atoms with van der Waals surface area (Å²) in [5.74, 6) is 0.603. The number of benzene rings is 1. The van der Waals surface area contributed by atoms with Crippen LogP contribution >= 0.6 is 0 Å². The number of ether oxygens (including phenoxy) is 1. The standard InChI is InChI=1S/C20H24N4O4/c25-18-9-8-17(22-23-18)20(27)21-15-10-12-24(13-11-15)19(26)7-4-14-28-16-5-2-1-3-6-16/h1-3,5-6,8-9,15H,4,7,10-14H2,(H,21,27)(H,23,25). The van der Waals surface area contributed by atoms with Crippen LogP contribution in [0.1, 0.15) is 36.2 Å². The first-order valence-corrected chi connectivity index (χ1v) is 9.44. The van der Waals surface area contributed by atoms with Crippen molar-refractivity contribution in [2.24, 2.45) is 0 Å². The third-order valence-electron chi connectivity index (χ3n) is 4.64. The Labute approximate surface area is 162 Å². The number of aromatic amines is 1. The molecule has 2 amide bonds. The van der Waals surface area contributed by atoms with Gasteiger partial charge in [0, 0.05) is 31.6 Å². The van der Waals surface area contributed by atoms with Crippen LogP contribution in [0.15, 0.2) is 47.3 Å². The molecule has 1 aromatic carbocycles. The van der Waals surface area contributed by atoms with Crippen molar-refractivity contribution in [1.29, 1.82) is 0 Å². The van der Waals surface area contributed by atoms with Gasteiger partial charge in [-0.3, -0.25) is 14.4 Å². The molecule has 0 spiro atoms. The summed E-state index contributed by atoms with van der Waals surface area (Å²) in [5, 5.41) is 8.87. The number of carbonyl (C=O) groups excluding carboxylic acids is 2. The predicted molar refractivity (Wildman–Crippen MR) is 103 cm³/mol. The molecule has 0 bridgehead atoms. The molecule has 2 N–H and O–H groups in total. The molecule has 0 radical (unpaired) electrons. The van der Waals surface area contributed by atoms with Crippen LogP contribution < -0.4 is 15.6 Å². The Morgan fingerprint density at radius 1 is 1.14 bits per heavy atom. The average Bonchev–Trinajstić information content (AvgIpc) is 2.73. The Kier molecular flexibility index (Phi) is 6.78. The van der Waals surface area contributed by atoms with Gasteiger partial charge in [0.1, 0.15) is 11.4 Å². The molecular weight excluding hydrogens is 360 g/mol. The summed E-state index contributed by atoms with van der Waals surface area (Å²) in [6.45, 7) is 1.74. The van der Waals surface area contributed by atoms with E-state index in [1.165, 1.54) is 12.1 Å². The van der Waals surface area contributed by atoms with E-state index in [4.69, 9.17) is 4.74 Å². The molecule has 28 heavy (non-hydrogen) atoms. The molecule has 1 aliphatic heterocycles. The number of aromatic nitrogens is 2. The first kappa shape index (κ1) is 19.6. The second-order valence-electron chi connectivity index (χ2n) is 6.70. The van der Waals surface area contributed by atoms with Crippen molar-refractivity contribution in [2.75, 3.05) is 19.7 Å². The smallest absolute Gasteiger partial charge is 0.271 e. The molecular formula is C20H24N4O4. The molecule has 3 rings (SSSR count). The summed E-state index contributed by atoms with van der Waals surface area (Å²) in [7, 11) is 0. The fraction of sp³-hybridized carbons (Fsp3) is 0.400. The number of likely N-dealkylation sites (tertiary alicyclic amines) is 1. The molecule has 2 aromatic rings. The first-order valence-electron chi connectivity index (χ1n) is 9.44. The zero-order valence-electron chi connectivity index (χ0n) is 15.6. The number of carbonyl (C=O) groups is 2. The van der Waals surface area contributed by atoms with E-state index >= 15 is 0 Å². The quantitative estimate of drug-likeness (QED) is 0.701. The van der Waals surface area contributed by atoms with Crippen molar-refractivity contribution in [2.45, 2.75) is 31.7 Å². The Hall–Kier alpha value is -3.16. The van der Waals surface area contributed by atoms with E-state index in [0.29, 0.717) is 45.4 Å². The van der Waals surface area contributed by atoms with Crippen molar-refractivity contribution < 1.29 is 14.3 Å². The summed E-state index contributed by atoms with van der Waals surface area (Å²) in [6, 6.07) is 12.2. The largest absolute Gasteiger partial charge is 0.494 e. The van der Waals surface area contributed by atoms with Gasteiger partial charge in [0.15, 0.2) is 0 Å². The molecule has 0 aliphatic carbocycles. The van der Waals surface area contributed by atoms with E-state index in [-0.39, 0.29) is 29.1 Å². The molecule has 1 saturated heterocycles. The number of para-hydroxylation sites is 1. The number of H-pyrrole nitrogens is 1. The normalized spacial score (nSPS) is 14.5. The molecule has 1 aromatic heterocycles. The molecule has 1 fully saturated rings. The van der Waals surface area contributed by atoms with Crippen LogP contribution in [0, 0.1) is 0 Å². The first-order chi connectivity index (χ1) is 13.6. The summed E-state index contributed by atoms with van der Waals surface area (Å²) in [4.78, 5) is 37.3.